The maximum absolute atomic E-state index is 12.2. The van der Waals surface area contributed by atoms with Crippen molar-refractivity contribution in [3.05, 3.63) is 42.1 Å². The Bertz CT molecular complexity index is 756. The van der Waals surface area contributed by atoms with E-state index in [-0.39, 0.29) is 5.91 Å². The molecule has 1 saturated heterocycles. The second-order valence-corrected chi connectivity index (χ2v) is 6.86. The van der Waals surface area contributed by atoms with Crippen LogP contribution in [0.2, 0.25) is 0 Å². The molecular weight excluding hydrogens is 368 g/mol. The minimum absolute atomic E-state index is 0.208. The van der Waals surface area contributed by atoms with Gasteiger partial charge in [-0.1, -0.05) is 0 Å². The summed E-state index contributed by atoms with van der Waals surface area (Å²) in [5, 5.41) is 14.3. The summed E-state index contributed by atoms with van der Waals surface area (Å²) in [6, 6.07) is 11.6. The van der Waals surface area contributed by atoms with Gasteiger partial charge in [-0.25, -0.2) is 0 Å². The van der Waals surface area contributed by atoms with Crippen LogP contribution in [0.25, 0.3) is 0 Å². The summed E-state index contributed by atoms with van der Waals surface area (Å²) >= 11 is 0. The van der Waals surface area contributed by atoms with E-state index in [9.17, 15) is 4.79 Å². The number of aromatic nitrogens is 2. The summed E-state index contributed by atoms with van der Waals surface area (Å²) in [6.07, 6.45) is 0. The largest absolute Gasteiger partial charge is 0.379 e. The second-order valence-electron chi connectivity index (χ2n) is 6.86. The minimum Gasteiger partial charge on any atom is -0.379 e. The number of anilines is 3. The smallest absolute Gasteiger partial charge is 0.271 e. The van der Waals surface area contributed by atoms with E-state index in [1.165, 1.54) is 5.69 Å². The quantitative estimate of drug-likeness (QED) is 0.669. The van der Waals surface area contributed by atoms with Gasteiger partial charge >= 0.3 is 0 Å². The van der Waals surface area contributed by atoms with Gasteiger partial charge in [0.1, 0.15) is 0 Å². The van der Waals surface area contributed by atoms with Crippen LogP contribution in [-0.4, -0.2) is 73.5 Å². The third kappa shape index (κ3) is 6.13. The molecule has 1 amide bonds. The van der Waals surface area contributed by atoms with Crippen molar-refractivity contribution >= 4 is 23.1 Å². The van der Waals surface area contributed by atoms with Gasteiger partial charge in [0.25, 0.3) is 5.91 Å². The number of hydrogen-bond donors (Lipinski definition) is 2. The fourth-order valence-electron chi connectivity index (χ4n) is 3.26. The first-order valence-electron chi connectivity index (χ1n) is 10.2. The van der Waals surface area contributed by atoms with Crippen molar-refractivity contribution in [2.75, 3.05) is 62.7 Å². The first kappa shape index (κ1) is 21.0. The monoisotopic (exact) mass is 398 g/mol. The van der Waals surface area contributed by atoms with Gasteiger partial charge in [-0.15, -0.1) is 10.2 Å². The Kier molecular flexibility index (Phi) is 7.77. The van der Waals surface area contributed by atoms with Crippen LogP contribution in [-0.2, 0) is 4.74 Å². The predicted octanol–water partition coefficient (Wildman–Crippen LogP) is 2.13. The first-order valence-corrected chi connectivity index (χ1v) is 10.2. The summed E-state index contributed by atoms with van der Waals surface area (Å²) in [7, 11) is 0. The van der Waals surface area contributed by atoms with Gasteiger partial charge in [-0.3, -0.25) is 9.69 Å². The lowest BCUT2D eigenvalue weighted by Gasteiger charge is -2.26. The van der Waals surface area contributed by atoms with E-state index in [1.807, 2.05) is 12.1 Å². The molecule has 29 heavy (non-hydrogen) atoms. The molecular formula is C21H30N6O2. The first-order chi connectivity index (χ1) is 14.2. The molecule has 1 aliphatic heterocycles. The molecule has 3 rings (SSSR count). The molecule has 156 valence electrons. The van der Waals surface area contributed by atoms with Gasteiger partial charge in [-0.2, -0.15) is 0 Å². The van der Waals surface area contributed by atoms with Crippen LogP contribution in [0.5, 0.6) is 0 Å². The number of nitrogens with zero attached hydrogens (tertiary/aromatic N) is 4. The zero-order chi connectivity index (χ0) is 20.5. The van der Waals surface area contributed by atoms with Crippen LogP contribution < -0.4 is 15.5 Å². The zero-order valence-electron chi connectivity index (χ0n) is 17.2. The lowest BCUT2D eigenvalue weighted by Crippen LogP contribution is -2.41. The molecule has 0 saturated carbocycles. The minimum atomic E-state index is -0.208. The van der Waals surface area contributed by atoms with Gasteiger partial charge in [0.15, 0.2) is 11.5 Å². The van der Waals surface area contributed by atoms with Gasteiger partial charge < -0.3 is 20.3 Å². The van der Waals surface area contributed by atoms with Crippen LogP contribution in [0.15, 0.2) is 36.4 Å². The number of amides is 1. The van der Waals surface area contributed by atoms with Crippen molar-refractivity contribution in [3.8, 4) is 0 Å². The van der Waals surface area contributed by atoms with Crippen LogP contribution >= 0.6 is 0 Å². The van der Waals surface area contributed by atoms with E-state index in [0.717, 1.165) is 51.6 Å². The van der Waals surface area contributed by atoms with Crippen LogP contribution in [0, 0.1) is 0 Å². The standard InChI is InChI=1S/C21H30N6O2/c1-3-27(4-2)18-7-5-17(6-8-18)23-20-10-9-19(24-25-20)21(28)22-11-12-26-13-15-29-16-14-26/h5-10H,3-4,11-16H2,1-2H3,(H,22,28)(H,23,25). The highest BCUT2D eigenvalue weighted by Crippen LogP contribution is 2.20. The highest BCUT2D eigenvalue weighted by Gasteiger charge is 2.12. The number of carbonyl (C=O) groups excluding carboxylic acids is 1. The maximum atomic E-state index is 12.2. The topological polar surface area (TPSA) is 82.6 Å². The maximum Gasteiger partial charge on any atom is 0.271 e. The molecule has 0 radical (unpaired) electrons. The van der Waals surface area contributed by atoms with Crippen molar-refractivity contribution < 1.29 is 9.53 Å². The molecule has 2 N–H and O–H groups in total. The molecule has 0 bridgehead atoms. The fraction of sp³-hybridized carbons (Fsp3) is 0.476. The zero-order valence-corrected chi connectivity index (χ0v) is 17.2. The van der Waals surface area contributed by atoms with Crippen LogP contribution in [0.4, 0.5) is 17.2 Å². The molecule has 1 aromatic heterocycles. The molecule has 8 heteroatoms. The molecule has 1 fully saturated rings. The Morgan fingerprint density at radius 2 is 1.79 bits per heavy atom. The summed E-state index contributed by atoms with van der Waals surface area (Å²) in [5.74, 6) is 0.395. The molecule has 2 aromatic rings. The van der Waals surface area contributed by atoms with E-state index >= 15 is 0 Å². The molecule has 0 spiro atoms. The van der Waals surface area contributed by atoms with E-state index in [0.29, 0.717) is 18.1 Å². The molecule has 1 aliphatic rings. The normalized spacial score (nSPS) is 14.4. The Labute approximate surface area is 172 Å². The molecule has 0 unspecified atom stereocenters. The molecule has 0 atom stereocenters. The predicted molar refractivity (Wildman–Crippen MR) is 115 cm³/mol. The van der Waals surface area contributed by atoms with Crippen molar-refractivity contribution in [2.45, 2.75) is 13.8 Å². The number of carbonyl (C=O) groups is 1. The van der Waals surface area contributed by atoms with Gasteiger partial charge in [0, 0.05) is 50.6 Å². The summed E-state index contributed by atoms with van der Waals surface area (Å²) in [6.45, 7) is 11.0. The lowest BCUT2D eigenvalue weighted by atomic mass is 10.2. The summed E-state index contributed by atoms with van der Waals surface area (Å²) < 4.78 is 5.32. The number of rotatable bonds is 9. The van der Waals surface area contributed by atoms with E-state index in [4.69, 9.17) is 4.74 Å². The highest BCUT2D eigenvalue weighted by atomic mass is 16.5. The average molecular weight is 399 g/mol. The third-order valence-corrected chi connectivity index (χ3v) is 4.98. The third-order valence-electron chi connectivity index (χ3n) is 4.98. The van der Waals surface area contributed by atoms with Gasteiger partial charge in [0.2, 0.25) is 0 Å². The Balaban J connectivity index is 1.48. The number of hydrogen-bond acceptors (Lipinski definition) is 7. The Hall–Kier alpha value is -2.71. The molecule has 0 aliphatic carbocycles. The van der Waals surface area contributed by atoms with E-state index in [2.05, 4.69) is 56.6 Å². The molecule has 1 aromatic carbocycles. The average Bonchev–Trinajstić information content (AvgIpc) is 2.77. The van der Waals surface area contributed by atoms with E-state index < -0.39 is 0 Å². The van der Waals surface area contributed by atoms with Crippen molar-refractivity contribution in [3.63, 3.8) is 0 Å². The summed E-state index contributed by atoms with van der Waals surface area (Å²) in [5.41, 5.74) is 2.43. The van der Waals surface area contributed by atoms with Crippen LogP contribution in [0.1, 0.15) is 24.3 Å². The Morgan fingerprint density at radius 1 is 1.07 bits per heavy atom. The van der Waals surface area contributed by atoms with Crippen molar-refractivity contribution in [1.29, 1.82) is 0 Å². The number of benzene rings is 1. The number of ether oxygens (including phenoxy) is 1. The lowest BCUT2D eigenvalue weighted by molar-refractivity contribution is 0.0383. The van der Waals surface area contributed by atoms with Crippen LogP contribution in [0.3, 0.4) is 0 Å². The van der Waals surface area contributed by atoms with Gasteiger partial charge in [0.05, 0.1) is 13.2 Å². The van der Waals surface area contributed by atoms with Gasteiger partial charge in [-0.05, 0) is 50.2 Å². The summed E-state index contributed by atoms with van der Waals surface area (Å²) in [4.78, 5) is 16.8. The number of morpholine rings is 1. The molecule has 2 heterocycles. The Morgan fingerprint density at radius 3 is 2.41 bits per heavy atom. The molecule has 8 nitrogen and oxygen atoms in total. The van der Waals surface area contributed by atoms with Crippen molar-refractivity contribution in [2.24, 2.45) is 0 Å². The highest BCUT2D eigenvalue weighted by molar-refractivity contribution is 5.92. The van der Waals surface area contributed by atoms with Crippen molar-refractivity contribution in [1.82, 2.24) is 20.4 Å². The number of nitrogens with one attached hydrogen (secondary N) is 2. The fourth-order valence-corrected chi connectivity index (χ4v) is 3.26. The van der Waals surface area contributed by atoms with E-state index in [1.54, 1.807) is 12.1 Å². The second kappa shape index (κ2) is 10.7. The SMILES string of the molecule is CCN(CC)c1ccc(Nc2ccc(C(=O)NCCN3CCOCC3)nn2)cc1.